The Morgan fingerprint density at radius 3 is 2.29 bits per heavy atom. The second kappa shape index (κ2) is 9.42. The summed E-state index contributed by atoms with van der Waals surface area (Å²) in [7, 11) is 0. The Hall–Kier alpha value is -0.610. The van der Waals surface area contributed by atoms with Crippen LogP contribution in [0.4, 0.5) is 0 Å². The van der Waals surface area contributed by atoms with Crippen molar-refractivity contribution in [2.75, 3.05) is 19.6 Å². The molecular weight excluding hydrogens is 214 g/mol. The maximum absolute atomic E-state index is 11.3. The van der Waals surface area contributed by atoms with E-state index in [0.717, 1.165) is 38.9 Å². The minimum atomic E-state index is -0.237. The molecule has 0 aliphatic carbocycles. The highest BCUT2D eigenvalue weighted by Crippen LogP contribution is 2.03. The lowest BCUT2D eigenvalue weighted by molar-refractivity contribution is -0.120. The molecule has 4 heteroatoms. The van der Waals surface area contributed by atoms with Gasteiger partial charge in [0, 0.05) is 12.6 Å². The molecule has 3 N–H and O–H groups in total. The van der Waals surface area contributed by atoms with E-state index >= 15 is 0 Å². The Labute approximate surface area is 106 Å². The number of primary amides is 1. The number of nitrogens with one attached hydrogen (secondary N) is 1. The van der Waals surface area contributed by atoms with E-state index in [2.05, 4.69) is 37.9 Å². The van der Waals surface area contributed by atoms with Crippen molar-refractivity contribution >= 4 is 5.91 Å². The first kappa shape index (κ1) is 16.4. The van der Waals surface area contributed by atoms with Crippen LogP contribution in [0, 0.1) is 0 Å². The van der Waals surface area contributed by atoms with Gasteiger partial charge in [-0.25, -0.2) is 0 Å². The van der Waals surface area contributed by atoms with Gasteiger partial charge in [-0.15, -0.1) is 0 Å². The average molecular weight is 243 g/mol. The summed E-state index contributed by atoms with van der Waals surface area (Å²) >= 11 is 0. The SMILES string of the molecule is CCCNC(CCN(CCC)C(C)C)C(N)=O. The van der Waals surface area contributed by atoms with Gasteiger partial charge in [0.05, 0.1) is 6.04 Å². The predicted octanol–water partition coefficient (Wildman–Crippen LogP) is 1.35. The van der Waals surface area contributed by atoms with Crippen molar-refractivity contribution in [2.24, 2.45) is 5.73 Å². The number of rotatable bonds is 10. The third kappa shape index (κ3) is 7.34. The van der Waals surface area contributed by atoms with Crippen LogP contribution in [0.1, 0.15) is 47.0 Å². The monoisotopic (exact) mass is 243 g/mol. The molecule has 1 amide bonds. The Balaban J connectivity index is 4.11. The number of carbonyl (C=O) groups excluding carboxylic acids is 1. The summed E-state index contributed by atoms with van der Waals surface area (Å²) in [5, 5.41) is 3.20. The van der Waals surface area contributed by atoms with Crippen molar-refractivity contribution in [1.82, 2.24) is 10.2 Å². The number of carbonyl (C=O) groups is 1. The normalized spacial score (nSPS) is 13.3. The number of nitrogens with two attached hydrogens (primary N) is 1. The average Bonchev–Trinajstić information content (AvgIpc) is 2.26. The summed E-state index contributed by atoms with van der Waals surface area (Å²) < 4.78 is 0. The molecule has 17 heavy (non-hydrogen) atoms. The molecule has 0 aliphatic rings. The van der Waals surface area contributed by atoms with E-state index in [9.17, 15) is 4.79 Å². The van der Waals surface area contributed by atoms with E-state index in [-0.39, 0.29) is 11.9 Å². The van der Waals surface area contributed by atoms with Gasteiger partial charge in [-0.3, -0.25) is 4.79 Å². The van der Waals surface area contributed by atoms with E-state index in [1.807, 2.05) is 0 Å². The van der Waals surface area contributed by atoms with Crippen LogP contribution >= 0.6 is 0 Å². The first-order valence-electron chi connectivity index (χ1n) is 6.79. The van der Waals surface area contributed by atoms with Crippen LogP contribution in [0.25, 0.3) is 0 Å². The summed E-state index contributed by atoms with van der Waals surface area (Å²) in [4.78, 5) is 13.7. The number of nitrogens with zero attached hydrogens (tertiary/aromatic N) is 1. The van der Waals surface area contributed by atoms with Crippen LogP contribution in [0.5, 0.6) is 0 Å². The molecule has 0 bridgehead atoms. The number of hydrogen-bond donors (Lipinski definition) is 2. The maximum Gasteiger partial charge on any atom is 0.234 e. The van der Waals surface area contributed by atoms with Gasteiger partial charge >= 0.3 is 0 Å². The second-order valence-electron chi connectivity index (χ2n) is 4.83. The van der Waals surface area contributed by atoms with Crippen LogP contribution in [0.15, 0.2) is 0 Å². The van der Waals surface area contributed by atoms with Crippen molar-refractivity contribution in [3.8, 4) is 0 Å². The first-order valence-corrected chi connectivity index (χ1v) is 6.79. The zero-order valence-electron chi connectivity index (χ0n) is 11.8. The molecule has 102 valence electrons. The molecule has 0 saturated carbocycles. The van der Waals surface area contributed by atoms with E-state index < -0.39 is 0 Å². The smallest absolute Gasteiger partial charge is 0.234 e. The van der Waals surface area contributed by atoms with Crippen molar-refractivity contribution in [2.45, 2.75) is 59.0 Å². The molecule has 0 fully saturated rings. The van der Waals surface area contributed by atoms with Crippen LogP contribution in [-0.2, 0) is 4.79 Å². The minimum absolute atomic E-state index is 0.187. The van der Waals surface area contributed by atoms with Crippen molar-refractivity contribution < 1.29 is 4.79 Å². The molecule has 0 spiro atoms. The van der Waals surface area contributed by atoms with Crippen LogP contribution < -0.4 is 11.1 Å². The van der Waals surface area contributed by atoms with E-state index in [1.54, 1.807) is 0 Å². The third-order valence-corrected chi connectivity index (χ3v) is 2.93. The predicted molar refractivity (Wildman–Crippen MR) is 72.9 cm³/mol. The minimum Gasteiger partial charge on any atom is -0.368 e. The molecule has 0 radical (unpaired) electrons. The van der Waals surface area contributed by atoms with E-state index in [1.165, 1.54) is 0 Å². The summed E-state index contributed by atoms with van der Waals surface area (Å²) in [6.45, 7) is 11.5. The lowest BCUT2D eigenvalue weighted by Gasteiger charge is -2.27. The fourth-order valence-corrected chi connectivity index (χ4v) is 1.87. The molecule has 1 atom stereocenters. The van der Waals surface area contributed by atoms with Crippen molar-refractivity contribution in [3.63, 3.8) is 0 Å². The highest BCUT2D eigenvalue weighted by Gasteiger charge is 2.16. The molecule has 0 rings (SSSR count). The summed E-state index contributed by atoms with van der Waals surface area (Å²) in [5.74, 6) is -0.237. The van der Waals surface area contributed by atoms with Gasteiger partial charge in [0.1, 0.15) is 0 Å². The topological polar surface area (TPSA) is 58.4 Å². The summed E-state index contributed by atoms with van der Waals surface area (Å²) in [5.41, 5.74) is 5.39. The molecule has 0 aromatic heterocycles. The molecule has 0 aromatic carbocycles. The molecule has 0 aliphatic heterocycles. The van der Waals surface area contributed by atoms with Crippen LogP contribution in [-0.4, -0.2) is 42.5 Å². The quantitative estimate of drug-likeness (QED) is 0.609. The van der Waals surface area contributed by atoms with E-state index in [0.29, 0.717) is 6.04 Å². The summed E-state index contributed by atoms with van der Waals surface area (Å²) in [6.07, 6.45) is 2.96. The standard InChI is InChI=1S/C13H29N3O/c1-5-8-15-12(13(14)17)7-10-16(9-6-2)11(3)4/h11-12,15H,5-10H2,1-4H3,(H2,14,17). The van der Waals surface area contributed by atoms with Gasteiger partial charge in [-0.05, 0) is 46.2 Å². The Kier molecular flexibility index (Phi) is 9.09. The Morgan fingerprint density at radius 2 is 1.88 bits per heavy atom. The molecule has 0 saturated heterocycles. The Morgan fingerprint density at radius 1 is 1.24 bits per heavy atom. The number of hydrogen-bond acceptors (Lipinski definition) is 3. The summed E-state index contributed by atoms with van der Waals surface area (Å²) in [6, 6.07) is 0.336. The molecule has 0 aromatic rings. The van der Waals surface area contributed by atoms with Crippen LogP contribution in [0.3, 0.4) is 0 Å². The lowest BCUT2D eigenvalue weighted by Crippen LogP contribution is -2.44. The van der Waals surface area contributed by atoms with E-state index in [4.69, 9.17) is 5.73 Å². The second-order valence-corrected chi connectivity index (χ2v) is 4.83. The van der Waals surface area contributed by atoms with Gasteiger partial charge in [0.2, 0.25) is 5.91 Å². The zero-order valence-corrected chi connectivity index (χ0v) is 11.8. The zero-order chi connectivity index (χ0) is 13.3. The Bertz CT molecular complexity index is 207. The molecular formula is C13H29N3O. The van der Waals surface area contributed by atoms with Crippen molar-refractivity contribution in [1.29, 1.82) is 0 Å². The van der Waals surface area contributed by atoms with Gasteiger partial charge < -0.3 is 16.0 Å². The van der Waals surface area contributed by atoms with Crippen LogP contribution in [0.2, 0.25) is 0 Å². The largest absolute Gasteiger partial charge is 0.368 e. The highest BCUT2D eigenvalue weighted by atomic mass is 16.1. The fourth-order valence-electron chi connectivity index (χ4n) is 1.87. The fraction of sp³-hybridized carbons (Fsp3) is 0.923. The van der Waals surface area contributed by atoms with Gasteiger partial charge in [0.15, 0.2) is 0 Å². The molecule has 0 heterocycles. The first-order chi connectivity index (χ1) is 8.02. The number of amides is 1. The van der Waals surface area contributed by atoms with Gasteiger partial charge in [0.25, 0.3) is 0 Å². The van der Waals surface area contributed by atoms with Crippen molar-refractivity contribution in [3.05, 3.63) is 0 Å². The van der Waals surface area contributed by atoms with Gasteiger partial charge in [-0.2, -0.15) is 0 Å². The maximum atomic E-state index is 11.3. The molecule has 1 unspecified atom stereocenters. The van der Waals surface area contributed by atoms with Gasteiger partial charge in [-0.1, -0.05) is 13.8 Å². The molecule has 4 nitrogen and oxygen atoms in total. The lowest BCUT2D eigenvalue weighted by atomic mass is 10.1. The highest BCUT2D eigenvalue weighted by molar-refractivity contribution is 5.79. The third-order valence-electron chi connectivity index (χ3n) is 2.93.